The molecule has 44 heavy (non-hydrogen) atoms. The molecule has 1 aliphatic rings. The summed E-state index contributed by atoms with van der Waals surface area (Å²) in [7, 11) is 1.57. The van der Waals surface area contributed by atoms with Crippen molar-refractivity contribution >= 4 is 52.1 Å². The molecule has 0 bridgehead atoms. The van der Waals surface area contributed by atoms with Gasteiger partial charge in [0.2, 0.25) is 23.6 Å². The highest BCUT2D eigenvalue weighted by Crippen LogP contribution is 2.40. The van der Waals surface area contributed by atoms with Crippen LogP contribution in [0.1, 0.15) is 20.3 Å². The van der Waals surface area contributed by atoms with Crippen LogP contribution in [0.4, 0.5) is 28.4 Å². The zero-order chi connectivity index (χ0) is 31.2. The number of carbonyl (C=O) groups is 4. The summed E-state index contributed by atoms with van der Waals surface area (Å²) in [6.07, 6.45) is -0.402. The fourth-order valence-corrected chi connectivity index (χ4v) is 5.35. The Morgan fingerprint density at radius 1 is 0.795 bits per heavy atom. The van der Waals surface area contributed by atoms with Gasteiger partial charge in [-0.2, -0.15) is 0 Å². The number of nitrogens with zero attached hydrogens (tertiary/aromatic N) is 3. The molecule has 4 amide bonds. The normalized spacial score (nSPS) is 14.6. The van der Waals surface area contributed by atoms with Crippen molar-refractivity contribution in [3.05, 3.63) is 109 Å². The summed E-state index contributed by atoms with van der Waals surface area (Å²) in [6.45, 7) is 3.43. The second-order valence-corrected chi connectivity index (χ2v) is 10.6. The molecule has 4 aromatic rings. The maximum atomic E-state index is 14.3. The lowest BCUT2D eigenvalue weighted by molar-refractivity contribution is -0.135. The van der Waals surface area contributed by atoms with Gasteiger partial charge >= 0.3 is 0 Å². The predicted molar refractivity (Wildman–Crippen MR) is 171 cm³/mol. The number of fused-ring (bicyclic) bond motifs is 1. The van der Waals surface area contributed by atoms with Gasteiger partial charge in [-0.3, -0.25) is 24.1 Å². The highest BCUT2D eigenvalue weighted by molar-refractivity contribution is 6.22. The number of rotatable bonds is 9. The molecule has 1 unspecified atom stereocenters. The number of ether oxygens (including phenoxy) is 1. The summed E-state index contributed by atoms with van der Waals surface area (Å²) in [6, 6.07) is 31.6. The molecule has 0 aliphatic carbocycles. The molecule has 5 rings (SSSR count). The number of anilines is 5. The quantitative estimate of drug-likeness (QED) is 0.249. The minimum Gasteiger partial charge on any atom is -0.497 e. The summed E-state index contributed by atoms with van der Waals surface area (Å²) in [4.78, 5) is 60.2. The SMILES string of the molecule is COc1ccc(N(C(=O)CN2C(=O)C(CC(=O)Nc3ccccc3)C(=O)N(c3ccccc3)c3ccccc32)C(C)C)cc1. The zero-order valence-corrected chi connectivity index (χ0v) is 24.8. The first-order valence-corrected chi connectivity index (χ1v) is 14.4. The molecule has 0 radical (unpaired) electrons. The average molecular weight is 591 g/mol. The van der Waals surface area contributed by atoms with Crippen molar-refractivity contribution in [2.75, 3.05) is 33.7 Å². The summed E-state index contributed by atoms with van der Waals surface area (Å²) in [5.74, 6) is -2.75. The highest BCUT2D eigenvalue weighted by Gasteiger charge is 2.43. The monoisotopic (exact) mass is 590 g/mol. The lowest BCUT2D eigenvalue weighted by Gasteiger charge is -2.31. The van der Waals surface area contributed by atoms with Crippen LogP contribution in [0.5, 0.6) is 5.75 Å². The van der Waals surface area contributed by atoms with Crippen LogP contribution in [-0.2, 0) is 19.2 Å². The Balaban J connectivity index is 1.55. The third-order valence-electron chi connectivity index (χ3n) is 7.39. The maximum absolute atomic E-state index is 14.3. The van der Waals surface area contributed by atoms with Gasteiger partial charge in [-0.1, -0.05) is 48.5 Å². The Morgan fingerprint density at radius 3 is 2.00 bits per heavy atom. The molecular formula is C35H34N4O5. The van der Waals surface area contributed by atoms with Gasteiger partial charge in [-0.15, -0.1) is 0 Å². The predicted octanol–water partition coefficient (Wildman–Crippen LogP) is 5.79. The molecule has 9 nitrogen and oxygen atoms in total. The molecule has 224 valence electrons. The molecule has 9 heteroatoms. The van der Waals surface area contributed by atoms with E-state index in [0.717, 1.165) is 0 Å². The Morgan fingerprint density at radius 2 is 1.39 bits per heavy atom. The summed E-state index contributed by atoms with van der Waals surface area (Å²) in [5.41, 5.74) is 2.57. The highest BCUT2D eigenvalue weighted by atomic mass is 16.5. The van der Waals surface area contributed by atoms with Crippen LogP contribution in [0.2, 0.25) is 0 Å². The number of hydrogen-bond donors (Lipinski definition) is 1. The van der Waals surface area contributed by atoms with Gasteiger partial charge in [-0.25, -0.2) is 0 Å². The number of carbonyl (C=O) groups excluding carboxylic acids is 4. The molecule has 0 saturated carbocycles. The number of methoxy groups -OCH3 is 1. The third kappa shape index (κ3) is 6.32. The first-order chi connectivity index (χ1) is 21.3. The van der Waals surface area contributed by atoms with Crippen LogP contribution >= 0.6 is 0 Å². The van der Waals surface area contributed by atoms with E-state index in [1.165, 1.54) is 9.80 Å². The van der Waals surface area contributed by atoms with E-state index in [2.05, 4.69) is 5.32 Å². The molecular weight excluding hydrogens is 556 g/mol. The van der Waals surface area contributed by atoms with E-state index in [9.17, 15) is 19.2 Å². The Hall–Kier alpha value is -5.44. The second kappa shape index (κ2) is 13.2. The Labute approximate surface area is 256 Å². The third-order valence-corrected chi connectivity index (χ3v) is 7.39. The number of benzene rings is 4. The van der Waals surface area contributed by atoms with Crippen molar-refractivity contribution in [3.8, 4) is 5.75 Å². The molecule has 1 heterocycles. The molecule has 0 saturated heterocycles. The molecule has 4 aromatic carbocycles. The maximum Gasteiger partial charge on any atom is 0.247 e. The number of amides is 4. The molecule has 1 aliphatic heterocycles. The van der Waals surface area contributed by atoms with Gasteiger partial charge in [0.25, 0.3) is 0 Å². The van der Waals surface area contributed by atoms with Gasteiger partial charge in [0, 0.05) is 29.5 Å². The van der Waals surface area contributed by atoms with Crippen LogP contribution < -0.4 is 24.8 Å². The largest absolute Gasteiger partial charge is 0.497 e. The van der Waals surface area contributed by atoms with Crippen molar-refractivity contribution in [1.29, 1.82) is 0 Å². The van der Waals surface area contributed by atoms with E-state index < -0.39 is 30.1 Å². The van der Waals surface area contributed by atoms with Crippen molar-refractivity contribution in [2.24, 2.45) is 5.92 Å². The topological polar surface area (TPSA) is 99.3 Å². The van der Waals surface area contributed by atoms with E-state index >= 15 is 0 Å². The van der Waals surface area contributed by atoms with Crippen molar-refractivity contribution < 1.29 is 23.9 Å². The van der Waals surface area contributed by atoms with Crippen molar-refractivity contribution in [1.82, 2.24) is 0 Å². The molecule has 0 aromatic heterocycles. The summed E-state index contributed by atoms with van der Waals surface area (Å²) >= 11 is 0. The van der Waals surface area contributed by atoms with Gasteiger partial charge in [0.1, 0.15) is 18.2 Å². The molecule has 1 N–H and O–H groups in total. The van der Waals surface area contributed by atoms with Gasteiger partial charge in [0.15, 0.2) is 0 Å². The van der Waals surface area contributed by atoms with E-state index in [0.29, 0.717) is 34.2 Å². The molecule has 0 fully saturated rings. The lowest BCUT2D eigenvalue weighted by Crippen LogP contribution is -2.48. The fraction of sp³-hybridized carbons (Fsp3) is 0.200. The van der Waals surface area contributed by atoms with Crippen LogP contribution in [0.25, 0.3) is 0 Å². The summed E-state index contributed by atoms with van der Waals surface area (Å²) in [5, 5.41) is 2.78. The summed E-state index contributed by atoms with van der Waals surface area (Å²) < 4.78 is 5.27. The average Bonchev–Trinajstić information content (AvgIpc) is 3.11. The van der Waals surface area contributed by atoms with Crippen LogP contribution in [-0.4, -0.2) is 43.3 Å². The first-order valence-electron chi connectivity index (χ1n) is 14.4. The first kappa shape index (κ1) is 30.0. The number of hydrogen-bond acceptors (Lipinski definition) is 5. The zero-order valence-electron chi connectivity index (χ0n) is 24.8. The fourth-order valence-electron chi connectivity index (χ4n) is 5.35. The van der Waals surface area contributed by atoms with Crippen molar-refractivity contribution in [3.63, 3.8) is 0 Å². The standard InChI is InChI=1S/C35H34N4O5/c1-24(2)38(27-18-20-28(44-3)21-19-27)33(41)23-37-30-16-10-11-17-31(30)39(26-14-8-5-9-15-26)35(43)29(34(37)42)22-32(40)36-25-12-6-4-7-13-25/h4-21,24,29H,22-23H2,1-3H3,(H,36,40). The smallest absolute Gasteiger partial charge is 0.247 e. The van der Waals surface area contributed by atoms with Crippen molar-refractivity contribution in [2.45, 2.75) is 26.3 Å². The molecule has 0 spiro atoms. The van der Waals surface area contributed by atoms with Gasteiger partial charge in [-0.05, 0) is 74.5 Å². The van der Waals surface area contributed by atoms with Crippen LogP contribution in [0.3, 0.4) is 0 Å². The van der Waals surface area contributed by atoms with E-state index in [1.54, 1.807) is 109 Å². The Kier molecular flexibility index (Phi) is 9.04. The Bertz CT molecular complexity index is 1640. The van der Waals surface area contributed by atoms with Gasteiger partial charge < -0.3 is 19.9 Å². The minimum atomic E-state index is -1.38. The van der Waals surface area contributed by atoms with E-state index in [1.807, 2.05) is 26.0 Å². The van der Waals surface area contributed by atoms with Crippen LogP contribution in [0, 0.1) is 5.92 Å². The van der Waals surface area contributed by atoms with E-state index in [-0.39, 0.29) is 18.5 Å². The lowest BCUT2D eigenvalue weighted by atomic mass is 10.0. The number of para-hydroxylation sites is 4. The minimum absolute atomic E-state index is 0.233. The molecule has 1 atom stereocenters. The second-order valence-electron chi connectivity index (χ2n) is 10.6. The van der Waals surface area contributed by atoms with Crippen LogP contribution in [0.15, 0.2) is 109 Å². The van der Waals surface area contributed by atoms with E-state index in [4.69, 9.17) is 4.74 Å². The van der Waals surface area contributed by atoms with Gasteiger partial charge in [0.05, 0.1) is 18.5 Å². The number of nitrogens with one attached hydrogen (secondary N) is 1.